The van der Waals surface area contributed by atoms with Crippen LogP contribution in [0.5, 0.6) is 0 Å². The number of rotatable bonds is 4. The lowest BCUT2D eigenvalue weighted by Gasteiger charge is -2.33. The standard InChI is InChI=1S/C21H19F3N6O2/c1-21(2,24)20-25-9-15(32-20)19(31)29-7-5-12-16(27-10-26-12)17(29)13-8-14-11(18(22)23)4-3-6-30(14)28-13/h3-4,6,8-10,17-18H,5,7H2,1-2H3,(H,26,27). The molecule has 0 saturated carbocycles. The second kappa shape index (κ2) is 7.21. The SMILES string of the molecule is CC(C)(F)c1ncc(C(=O)N2CCc3[nH]cnc3C2c2cc3c(C(F)F)cccn3n2)o1. The Bertz CT molecular complexity index is 1300. The Morgan fingerprint density at radius 3 is 2.88 bits per heavy atom. The van der Waals surface area contributed by atoms with Crippen LogP contribution in [0.3, 0.4) is 0 Å². The summed E-state index contributed by atoms with van der Waals surface area (Å²) in [6, 6.07) is 3.62. The van der Waals surface area contributed by atoms with Crippen molar-refractivity contribution in [3.8, 4) is 0 Å². The van der Waals surface area contributed by atoms with Gasteiger partial charge in [0, 0.05) is 30.4 Å². The van der Waals surface area contributed by atoms with E-state index < -0.39 is 24.0 Å². The smallest absolute Gasteiger partial charge is 0.292 e. The molecule has 32 heavy (non-hydrogen) atoms. The highest BCUT2D eigenvalue weighted by molar-refractivity contribution is 5.92. The molecule has 1 aliphatic rings. The van der Waals surface area contributed by atoms with Crippen molar-refractivity contribution >= 4 is 11.4 Å². The highest BCUT2D eigenvalue weighted by Crippen LogP contribution is 2.36. The van der Waals surface area contributed by atoms with Gasteiger partial charge in [-0.1, -0.05) is 0 Å². The number of carbonyl (C=O) groups is 1. The number of carbonyl (C=O) groups excluding carboxylic acids is 1. The average Bonchev–Trinajstić information content (AvgIpc) is 3.50. The highest BCUT2D eigenvalue weighted by Gasteiger charge is 2.38. The van der Waals surface area contributed by atoms with Crippen molar-refractivity contribution in [1.82, 2.24) is 29.5 Å². The molecule has 1 atom stereocenters. The zero-order valence-electron chi connectivity index (χ0n) is 17.2. The van der Waals surface area contributed by atoms with Gasteiger partial charge in [0.1, 0.15) is 6.04 Å². The number of pyridine rings is 1. The summed E-state index contributed by atoms with van der Waals surface area (Å²) in [6.07, 6.45) is 2.10. The first-order valence-corrected chi connectivity index (χ1v) is 9.98. The Morgan fingerprint density at radius 2 is 2.16 bits per heavy atom. The van der Waals surface area contributed by atoms with Gasteiger partial charge in [-0.2, -0.15) is 5.10 Å². The van der Waals surface area contributed by atoms with Crippen molar-refractivity contribution in [1.29, 1.82) is 0 Å². The van der Waals surface area contributed by atoms with E-state index in [9.17, 15) is 18.0 Å². The number of hydrogen-bond acceptors (Lipinski definition) is 5. The maximum Gasteiger partial charge on any atom is 0.292 e. The number of hydrogen-bond donors (Lipinski definition) is 1. The van der Waals surface area contributed by atoms with E-state index in [1.54, 1.807) is 6.20 Å². The first-order chi connectivity index (χ1) is 15.2. The number of nitrogens with zero attached hydrogens (tertiary/aromatic N) is 5. The normalized spacial score (nSPS) is 16.7. The molecule has 4 aromatic rings. The fourth-order valence-electron chi connectivity index (χ4n) is 3.96. The number of aromatic nitrogens is 5. The number of aromatic amines is 1. The molecule has 8 nitrogen and oxygen atoms in total. The molecule has 0 saturated heterocycles. The van der Waals surface area contributed by atoms with Gasteiger partial charge in [-0.3, -0.25) is 4.79 Å². The Kier molecular flexibility index (Phi) is 4.57. The van der Waals surface area contributed by atoms with Gasteiger partial charge in [0.15, 0.2) is 5.67 Å². The van der Waals surface area contributed by atoms with E-state index in [0.717, 1.165) is 5.69 Å². The lowest BCUT2D eigenvalue weighted by molar-refractivity contribution is 0.0643. The van der Waals surface area contributed by atoms with Crippen LogP contribution in [0, 0.1) is 0 Å². The summed E-state index contributed by atoms with van der Waals surface area (Å²) in [5.74, 6) is -0.839. The molecular weight excluding hydrogens is 425 g/mol. The lowest BCUT2D eigenvalue weighted by atomic mass is 9.99. The first-order valence-electron chi connectivity index (χ1n) is 9.98. The van der Waals surface area contributed by atoms with Gasteiger partial charge in [-0.15, -0.1) is 0 Å². The Labute approximate surface area is 180 Å². The summed E-state index contributed by atoms with van der Waals surface area (Å²) in [4.78, 5) is 26.1. The van der Waals surface area contributed by atoms with Crippen LogP contribution in [0.1, 0.15) is 65.4 Å². The van der Waals surface area contributed by atoms with E-state index in [1.165, 1.54) is 54.0 Å². The third kappa shape index (κ3) is 3.24. The molecule has 11 heteroatoms. The average molecular weight is 444 g/mol. The molecule has 0 spiro atoms. The van der Waals surface area contributed by atoms with Crippen molar-refractivity contribution < 1.29 is 22.4 Å². The number of halogens is 3. The molecule has 0 aromatic carbocycles. The van der Waals surface area contributed by atoms with Crippen molar-refractivity contribution in [2.45, 2.75) is 38.4 Å². The fourth-order valence-corrected chi connectivity index (χ4v) is 3.96. The van der Waals surface area contributed by atoms with Crippen LogP contribution in [0.4, 0.5) is 13.2 Å². The molecule has 5 rings (SSSR count). The largest absolute Gasteiger partial charge is 0.432 e. The van der Waals surface area contributed by atoms with Gasteiger partial charge in [-0.25, -0.2) is 27.7 Å². The molecule has 1 amide bonds. The summed E-state index contributed by atoms with van der Waals surface area (Å²) in [5.41, 5.74) is 0.0131. The summed E-state index contributed by atoms with van der Waals surface area (Å²) < 4.78 is 47.9. The minimum absolute atomic E-state index is 0.119. The van der Waals surface area contributed by atoms with Crippen LogP contribution in [0.25, 0.3) is 5.52 Å². The van der Waals surface area contributed by atoms with E-state index in [-0.39, 0.29) is 22.7 Å². The monoisotopic (exact) mass is 444 g/mol. The van der Waals surface area contributed by atoms with Crippen LogP contribution in [0.2, 0.25) is 0 Å². The maximum absolute atomic E-state index is 14.2. The van der Waals surface area contributed by atoms with E-state index in [1.807, 2.05) is 0 Å². The van der Waals surface area contributed by atoms with Gasteiger partial charge >= 0.3 is 0 Å². The number of oxazole rings is 1. The van der Waals surface area contributed by atoms with E-state index in [2.05, 4.69) is 20.1 Å². The minimum atomic E-state index is -2.68. The molecule has 4 aromatic heterocycles. The molecule has 5 heterocycles. The van der Waals surface area contributed by atoms with Crippen LogP contribution in [0.15, 0.2) is 41.3 Å². The number of imidazole rings is 1. The molecule has 1 unspecified atom stereocenters. The van der Waals surface area contributed by atoms with Crippen LogP contribution >= 0.6 is 0 Å². The van der Waals surface area contributed by atoms with Crippen molar-refractivity contribution in [2.24, 2.45) is 0 Å². The van der Waals surface area contributed by atoms with Gasteiger partial charge in [0.25, 0.3) is 12.3 Å². The number of H-pyrrole nitrogens is 1. The molecule has 166 valence electrons. The zero-order chi connectivity index (χ0) is 22.6. The number of nitrogens with one attached hydrogen (secondary N) is 1. The summed E-state index contributed by atoms with van der Waals surface area (Å²) in [5, 5.41) is 4.46. The highest BCUT2D eigenvalue weighted by atomic mass is 19.3. The van der Waals surface area contributed by atoms with Crippen molar-refractivity contribution in [3.63, 3.8) is 0 Å². The third-order valence-electron chi connectivity index (χ3n) is 5.48. The third-order valence-corrected chi connectivity index (χ3v) is 5.48. The number of amides is 1. The minimum Gasteiger partial charge on any atom is -0.432 e. The van der Waals surface area contributed by atoms with E-state index in [0.29, 0.717) is 24.4 Å². The molecule has 1 N–H and O–H groups in total. The second-order valence-corrected chi connectivity index (χ2v) is 8.08. The molecule has 1 aliphatic heterocycles. The first kappa shape index (κ1) is 20.3. The quantitative estimate of drug-likeness (QED) is 0.514. The zero-order valence-corrected chi connectivity index (χ0v) is 17.2. The molecule has 0 bridgehead atoms. The second-order valence-electron chi connectivity index (χ2n) is 8.08. The predicted molar refractivity (Wildman–Crippen MR) is 106 cm³/mol. The van der Waals surface area contributed by atoms with E-state index >= 15 is 0 Å². The predicted octanol–water partition coefficient (Wildman–Crippen LogP) is 3.98. The van der Waals surface area contributed by atoms with Gasteiger partial charge in [0.2, 0.25) is 11.7 Å². The molecule has 0 fully saturated rings. The van der Waals surface area contributed by atoms with Crippen molar-refractivity contribution in [3.05, 3.63) is 71.2 Å². The molecule has 0 aliphatic carbocycles. The fraction of sp³-hybridized carbons (Fsp3) is 0.333. The summed E-state index contributed by atoms with van der Waals surface area (Å²) in [6.45, 7) is 2.86. The van der Waals surface area contributed by atoms with Crippen LogP contribution < -0.4 is 0 Å². The van der Waals surface area contributed by atoms with Crippen LogP contribution in [-0.4, -0.2) is 41.9 Å². The Hall–Kier alpha value is -3.63. The molecule has 0 radical (unpaired) electrons. The summed E-state index contributed by atoms with van der Waals surface area (Å²) >= 11 is 0. The maximum atomic E-state index is 14.2. The Morgan fingerprint density at radius 1 is 1.34 bits per heavy atom. The van der Waals surface area contributed by atoms with E-state index in [4.69, 9.17) is 4.42 Å². The van der Waals surface area contributed by atoms with Gasteiger partial charge in [0.05, 0.1) is 29.4 Å². The number of fused-ring (bicyclic) bond motifs is 2. The van der Waals surface area contributed by atoms with Gasteiger partial charge in [-0.05, 0) is 32.0 Å². The Balaban J connectivity index is 1.60. The topological polar surface area (TPSA) is 92.3 Å². The number of alkyl halides is 3. The van der Waals surface area contributed by atoms with Crippen LogP contribution in [-0.2, 0) is 12.1 Å². The van der Waals surface area contributed by atoms with Crippen molar-refractivity contribution in [2.75, 3.05) is 6.54 Å². The molecular formula is C21H19F3N6O2. The summed E-state index contributed by atoms with van der Waals surface area (Å²) in [7, 11) is 0. The van der Waals surface area contributed by atoms with Gasteiger partial charge < -0.3 is 14.3 Å². The lowest BCUT2D eigenvalue weighted by Crippen LogP contribution is -2.40.